The van der Waals surface area contributed by atoms with Crippen molar-refractivity contribution in [2.75, 3.05) is 6.54 Å². The standard InChI is InChI=1S/C15H23N/c1-3-12-6-5-7-13(10-12)14-8-9-15(11-14)16-4-2/h5-7,10,14-16H,3-4,8-9,11H2,1-2H3. The van der Waals surface area contributed by atoms with Crippen LogP contribution in [0.2, 0.25) is 0 Å². The molecule has 0 heterocycles. The van der Waals surface area contributed by atoms with Gasteiger partial charge in [0.25, 0.3) is 0 Å². The van der Waals surface area contributed by atoms with Crippen LogP contribution in [0.4, 0.5) is 0 Å². The van der Waals surface area contributed by atoms with E-state index >= 15 is 0 Å². The van der Waals surface area contributed by atoms with Gasteiger partial charge in [-0.2, -0.15) is 0 Å². The van der Waals surface area contributed by atoms with Crippen molar-refractivity contribution in [2.45, 2.75) is 51.5 Å². The van der Waals surface area contributed by atoms with E-state index in [2.05, 4.69) is 43.4 Å². The summed E-state index contributed by atoms with van der Waals surface area (Å²) in [5, 5.41) is 3.57. The molecule has 0 aromatic heterocycles. The third-order valence-electron chi connectivity index (χ3n) is 3.76. The highest BCUT2D eigenvalue weighted by molar-refractivity contribution is 5.27. The second-order valence-electron chi connectivity index (χ2n) is 4.86. The van der Waals surface area contributed by atoms with Gasteiger partial charge in [0.1, 0.15) is 0 Å². The summed E-state index contributed by atoms with van der Waals surface area (Å²) in [7, 11) is 0. The van der Waals surface area contributed by atoms with Gasteiger partial charge >= 0.3 is 0 Å². The fourth-order valence-corrected chi connectivity index (χ4v) is 2.83. The number of hydrogen-bond donors (Lipinski definition) is 1. The second-order valence-corrected chi connectivity index (χ2v) is 4.86. The molecule has 0 spiro atoms. The average Bonchev–Trinajstić information content (AvgIpc) is 2.78. The first kappa shape index (κ1) is 11.7. The van der Waals surface area contributed by atoms with Gasteiger partial charge < -0.3 is 5.32 Å². The molecule has 1 nitrogen and oxygen atoms in total. The van der Waals surface area contributed by atoms with Crippen molar-refractivity contribution in [1.29, 1.82) is 0 Å². The zero-order chi connectivity index (χ0) is 11.4. The van der Waals surface area contributed by atoms with Crippen molar-refractivity contribution in [2.24, 2.45) is 0 Å². The fourth-order valence-electron chi connectivity index (χ4n) is 2.83. The Bertz CT molecular complexity index is 332. The normalized spacial score (nSPS) is 24.9. The zero-order valence-electron chi connectivity index (χ0n) is 10.5. The summed E-state index contributed by atoms with van der Waals surface area (Å²) in [6.07, 6.45) is 5.16. The van der Waals surface area contributed by atoms with Crippen LogP contribution in [0.15, 0.2) is 24.3 Å². The molecule has 1 aliphatic rings. The Labute approximate surface area is 99.3 Å². The van der Waals surface area contributed by atoms with Crippen LogP contribution < -0.4 is 5.32 Å². The molecule has 2 atom stereocenters. The molecule has 1 heteroatoms. The van der Waals surface area contributed by atoms with Crippen molar-refractivity contribution in [3.8, 4) is 0 Å². The summed E-state index contributed by atoms with van der Waals surface area (Å²) in [5.41, 5.74) is 3.03. The van der Waals surface area contributed by atoms with Crippen LogP contribution in [0.1, 0.15) is 50.2 Å². The molecule has 1 aromatic carbocycles. The van der Waals surface area contributed by atoms with Crippen LogP contribution in [0.5, 0.6) is 0 Å². The van der Waals surface area contributed by atoms with Crippen molar-refractivity contribution in [3.63, 3.8) is 0 Å². The summed E-state index contributed by atoms with van der Waals surface area (Å²) in [5.74, 6) is 0.788. The van der Waals surface area contributed by atoms with Crippen molar-refractivity contribution >= 4 is 0 Å². The summed E-state index contributed by atoms with van der Waals surface area (Å²) >= 11 is 0. The molecule has 88 valence electrons. The first-order chi connectivity index (χ1) is 7.83. The van der Waals surface area contributed by atoms with E-state index in [4.69, 9.17) is 0 Å². The van der Waals surface area contributed by atoms with E-state index in [1.807, 2.05) is 0 Å². The molecule has 1 fully saturated rings. The summed E-state index contributed by atoms with van der Waals surface area (Å²) in [6, 6.07) is 9.91. The first-order valence-corrected chi connectivity index (χ1v) is 6.65. The van der Waals surface area contributed by atoms with Gasteiger partial charge in [-0.3, -0.25) is 0 Å². The van der Waals surface area contributed by atoms with Crippen LogP contribution >= 0.6 is 0 Å². The second kappa shape index (κ2) is 5.49. The molecule has 2 unspecified atom stereocenters. The van der Waals surface area contributed by atoms with E-state index < -0.39 is 0 Å². The van der Waals surface area contributed by atoms with Gasteiger partial charge in [-0.25, -0.2) is 0 Å². The third kappa shape index (κ3) is 2.65. The highest BCUT2D eigenvalue weighted by Gasteiger charge is 2.24. The maximum atomic E-state index is 3.57. The van der Waals surface area contributed by atoms with Crippen molar-refractivity contribution in [3.05, 3.63) is 35.4 Å². The van der Waals surface area contributed by atoms with E-state index in [0.29, 0.717) is 0 Å². The largest absolute Gasteiger partial charge is 0.314 e. The minimum atomic E-state index is 0.750. The maximum absolute atomic E-state index is 3.57. The minimum Gasteiger partial charge on any atom is -0.314 e. The predicted molar refractivity (Wildman–Crippen MR) is 69.9 cm³/mol. The van der Waals surface area contributed by atoms with Gasteiger partial charge in [0.15, 0.2) is 0 Å². The molecule has 1 aromatic rings. The number of aryl methyl sites for hydroxylation is 1. The van der Waals surface area contributed by atoms with Gasteiger partial charge in [-0.15, -0.1) is 0 Å². The number of nitrogens with one attached hydrogen (secondary N) is 1. The molecule has 0 aliphatic heterocycles. The SMILES string of the molecule is CCNC1CCC(c2cccc(CC)c2)C1. The lowest BCUT2D eigenvalue weighted by atomic mass is 9.95. The van der Waals surface area contributed by atoms with Crippen LogP contribution in [-0.2, 0) is 6.42 Å². The molecular formula is C15H23N. The molecule has 0 amide bonds. The fraction of sp³-hybridized carbons (Fsp3) is 0.600. The maximum Gasteiger partial charge on any atom is 0.00729 e. The summed E-state index contributed by atoms with van der Waals surface area (Å²) < 4.78 is 0. The lowest BCUT2D eigenvalue weighted by Crippen LogP contribution is -2.25. The van der Waals surface area contributed by atoms with E-state index in [1.165, 1.54) is 24.8 Å². The van der Waals surface area contributed by atoms with Gasteiger partial charge in [0.05, 0.1) is 0 Å². The molecule has 16 heavy (non-hydrogen) atoms. The molecule has 0 bridgehead atoms. The van der Waals surface area contributed by atoms with Crippen LogP contribution in [-0.4, -0.2) is 12.6 Å². The third-order valence-corrected chi connectivity index (χ3v) is 3.76. The lowest BCUT2D eigenvalue weighted by molar-refractivity contribution is 0.535. The van der Waals surface area contributed by atoms with Crippen LogP contribution in [0.3, 0.4) is 0 Å². The van der Waals surface area contributed by atoms with E-state index in [-0.39, 0.29) is 0 Å². The Morgan fingerprint density at radius 1 is 1.25 bits per heavy atom. The van der Waals surface area contributed by atoms with Gasteiger partial charge in [-0.05, 0) is 49.3 Å². The molecule has 2 rings (SSSR count). The molecule has 1 N–H and O–H groups in total. The quantitative estimate of drug-likeness (QED) is 0.814. The van der Waals surface area contributed by atoms with Gasteiger partial charge in [0.2, 0.25) is 0 Å². The summed E-state index contributed by atoms with van der Waals surface area (Å²) in [6.45, 7) is 5.53. The Morgan fingerprint density at radius 3 is 2.88 bits per heavy atom. The average molecular weight is 217 g/mol. The van der Waals surface area contributed by atoms with Crippen molar-refractivity contribution in [1.82, 2.24) is 5.32 Å². The number of hydrogen-bond acceptors (Lipinski definition) is 1. The van der Waals surface area contributed by atoms with Crippen molar-refractivity contribution < 1.29 is 0 Å². The predicted octanol–water partition coefficient (Wildman–Crippen LogP) is 3.49. The first-order valence-electron chi connectivity index (χ1n) is 6.65. The number of benzene rings is 1. The zero-order valence-corrected chi connectivity index (χ0v) is 10.5. The van der Waals surface area contributed by atoms with E-state index in [1.54, 1.807) is 5.56 Å². The Balaban J connectivity index is 2.02. The van der Waals surface area contributed by atoms with Gasteiger partial charge in [0, 0.05) is 6.04 Å². The van der Waals surface area contributed by atoms with Crippen LogP contribution in [0.25, 0.3) is 0 Å². The molecule has 1 aliphatic carbocycles. The molecular weight excluding hydrogens is 194 g/mol. The highest BCUT2D eigenvalue weighted by Crippen LogP contribution is 2.34. The summed E-state index contributed by atoms with van der Waals surface area (Å²) in [4.78, 5) is 0. The topological polar surface area (TPSA) is 12.0 Å². The highest BCUT2D eigenvalue weighted by atomic mass is 14.9. The monoisotopic (exact) mass is 217 g/mol. The van der Waals surface area contributed by atoms with Crippen LogP contribution in [0, 0.1) is 0 Å². The lowest BCUT2D eigenvalue weighted by Gasteiger charge is -2.13. The number of rotatable bonds is 4. The van der Waals surface area contributed by atoms with E-state index in [0.717, 1.165) is 24.9 Å². The smallest absolute Gasteiger partial charge is 0.00729 e. The molecule has 0 saturated heterocycles. The van der Waals surface area contributed by atoms with Gasteiger partial charge in [-0.1, -0.05) is 38.1 Å². The Hall–Kier alpha value is -0.820. The Morgan fingerprint density at radius 2 is 2.12 bits per heavy atom. The minimum absolute atomic E-state index is 0.750. The molecule has 1 saturated carbocycles. The van der Waals surface area contributed by atoms with E-state index in [9.17, 15) is 0 Å². The molecule has 0 radical (unpaired) electrons. The Kier molecular flexibility index (Phi) is 4.00.